The van der Waals surface area contributed by atoms with Crippen LogP contribution in [-0.4, -0.2) is 88.1 Å². The number of anilines is 1. The van der Waals surface area contributed by atoms with E-state index in [0.29, 0.717) is 12.0 Å². The van der Waals surface area contributed by atoms with Gasteiger partial charge in [-0.05, 0) is 26.0 Å². The first kappa shape index (κ1) is 15.5. The third kappa shape index (κ3) is 2.98. The van der Waals surface area contributed by atoms with Gasteiger partial charge in [0.15, 0.2) is 0 Å². The van der Waals surface area contributed by atoms with E-state index in [0.717, 1.165) is 56.4 Å². The summed E-state index contributed by atoms with van der Waals surface area (Å²) in [5.74, 6) is 0.598. The van der Waals surface area contributed by atoms with E-state index in [4.69, 9.17) is 4.74 Å². The molecule has 4 heterocycles. The zero-order valence-electron chi connectivity index (χ0n) is 14.6. The number of piperazine rings is 1. The first-order chi connectivity index (χ1) is 12.3. The van der Waals surface area contributed by atoms with Crippen molar-refractivity contribution in [3.63, 3.8) is 0 Å². The number of hydrogen-bond donors (Lipinski definition) is 1. The highest BCUT2D eigenvalue weighted by molar-refractivity contribution is 5.67. The van der Waals surface area contributed by atoms with Crippen molar-refractivity contribution in [1.29, 1.82) is 0 Å². The predicted molar refractivity (Wildman–Crippen MR) is 93.8 cm³/mol. The van der Waals surface area contributed by atoms with Crippen LogP contribution < -0.4 is 5.32 Å². The van der Waals surface area contributed by atoms with Crippen LogP contribution in [0.25, 0.3) is 5.65 Å². The van der Waals surface area contributed by atoms with Gasteiger partial charge in [0.05, 0.1) is 36.7 Å². The Labute approximate surface area is 147 Å². The minimum absolute atomic E-state index is 0.276. The Morgan fingerprint density at radius 2 is 2.00 bits per heavy atom. The number of nitrogens with zero attached hydrogens (tertiary/aromatic N) is 6. The largest absolute Gasteiger partial charge is 0.378 e. The molecule has 5 rings (SSSR count). The molecule has 8 heteroatoms. The molecule has 2 aliphatic heterocycles. The van der Waals surface area contributed by atoms with Gasteiger partial charge in [0.2, 0.25) is 5.65 Å². The quantitative estimate of drug-likeness (QED) is 0.863. The highest BCUT2D eigenvalue weighted by Gasteiger charge is 2.35. The first-order valence-corrected chi connectivity index (χ1v) is 9.26. The van der Waals surface area contributed by atoms with E-state index in [1.54, 1.807) is 10.8 Å². The monoisotopic (exact) mass is 343 g/mol. The molecular weight excluding hydrogens is 318 g/mol. The normalized spacial score (nSPS) is 28.7. The minimum Gasteiger partial charge on any atom is -0.378 e. The predicted octanol–water partition coefficient (Wildman–Crippen LogP) is 0.428. The van der Waals surface area contributed by atoms with Gasteiger partial charge in [-0.15, -0.1) is 10.2 Å². The lowest BCUT2D eigenvalue weighted by atomic mass is 10.1. The maximum absolute atomic E-state index is 5.83. The smallest absolute Gasteiger partial charge is 0.200 e. The average molecular weight is 343 g/mol. The fraction of sp³-hybridized carbons (Fsp3) is 0.706. The van der Waals surface area contributed by atoms with Gasteiger partial charge in [0.25, 0.3) is 0 Å². The lowest BCUT2D eigenvalue weighted by Gasteiger charge is -2.38. The Balaban J connectivity index is 1.38. The number of rotatable bonds is 4. The van der Waals surface area contributed by atoms with Crippen molar-refractivity contribution >= 4 is 11.3 Å². The molecule has 2 atom stereocenters. The average Bonchev–Trinajstić information content (AvgIpc) is 3.18. The number of hydrogen-bond acceptors (Lipinski definition) is 7. The van der Waals surface area contributed by atoms with Gasteiger partial charge in [0.1, 0.15) is 6.33 Å². The van der Waals surface area contributed by atoms with Crippen LogP contribution in [-0.2, 0) is 4.74 Å². The van der Waals surface area contributed by atoms with Crippen LogP contribution >= 0.6 is 0 Å². The second kappa shape index (κ2) is 6.19. The molecule has 0 radical (unpaired) electrons. The van der Waals surface area contributed by atoms with E-state index in [1.165, 1.54) is 12.8 Å². The van der Waals surface area contributed by atoms with Gasteiger partial charge in [-0.3, -0.25) is 4.90 Å². The fourth-order valence-electron chi connectivity index (χ4n) is 3.92. The van der Waals surface area contributed by atoms with E-state index in [2.05, 4.69) is 43.5 Å². The molecule has 3 aliphatic rings. The summed E-state index contributed by atoms with van der Waals surface area (Å²) in [6, 6.07) is 2.86. The van der Waals surface area contributed by atoms with Crippen molar-refractivity contribution in [2.24, 2.45) is 0 Å². The molecular formula is C17H25N7O. The van der Waals surface area contributed by atoms with Crippen LogP contribution in [0.3, 0.4) is 0 Å². The zero-order chi connectivity index (χ0) is 16.8. The van der Waals surface area contributed by atoms with Gasteiger partial charge >= 0.3 is 0 Å². The van der Waals surface area contributed by atoms with E-state index >= 15 is 0 Å². The van der Waals surface area contributed by atoms with E-state index in [-0.39, 0.29) is 6.04 Å². The molecule has 0 bridgehead atoms. The number of fused-ring (bicyclic) bond motifs is 1. The second-order valence-electron chi connectivity index (χ2n) is 7.55. The van der Waals surface area contributed by atoms with Gasteiger partial charge in [0, 0.05) is 32.1 Å². The van der Waals surface area contributed by atoms with Gasteiger partial charge < -0.3 is 15.0 Å². The summed E-state index contributed by atoms with van der Waals surface area (Å²) in [4.78, 5) is 4.95. The van der Waals surface area contributed by atoms with Crippen molar-refractivity contribution in [3.8, 4) is 0 Å². The van der Waals surface area contributed by atoms with Gasteiger partial charge in [-0.25, -0.2) is 0 Å². The summed E-state index contributed by atoms with van der Waals surface area (Å²) in [5.41, 5.74) is 2.97. The summed E-state index contributed by atoms with van der Waals surface area (Å²) in [7, 11) is 2.19. The minimum atomic E-state index is 0.276. The van der Waals surface area contributed by atoms with Crippen LogP contribution in [0.15, 0.2) is 12.4 Å². The van der Waals surface area contributed by atoms with Crippen LogP contribution in [0, 0.1) is 0 Å². The van der Waals surface area contributed by atoms with Crippen LogP contribution in [0.4, 0.5) is 5.69 Å². The molecule has 2 saturated heterocycles. The molecule has 134 valence electrons. The Bertz CT molecular complexity index is 751. The summed E-state index contributed by atoms with van der Waals surface area (Å²) >= 11 is 0. The topological polar surface area (TPSA) is 70.8 Å². The van der Waals surface area contributed by atoms with E-state index in [9.17, 15) is 0 Å². The molecule has 1 N–H and O–H groups in total. The molecule has 1 aliphatic carbocycles. The lowest BCUT2D eigenvalue weighted by molar-refractivity contribution is 0.0949. The van der Waals surface area contributed by atoms with Crippen molar-refractivity contribution in [1.82, 2.24) is 29.6 Å². The molecule has 0 unspecified atom stereocenters. The zero-order valence-corrected chi connectivity index (χ0v) is 14.6. The number of likely N-dealkylation sites (N-methyl/N-ethyl adjacent to an activating group) is 1. The maximum Gasteiger partial charge on any atom is 0.200 e. The molecule has 8 nitrogen and oxygen atoms in total. The molecule has 0 spiro atoms. The Hall–Kier alpha value is -1.77. The number of nitrogens with one attached hydrogen (secondary N) is 1. The van der Waals surface area contributed by atoms with Crippen LogP contribution in [0.2, 0.25) is 0 Å². The number of ether oxygens (including phenoxy) is 1. The number of aromatic nitrogens is 4. The Morgan fingerprint density at radius 1 is 1.16 bits per heavy atom. The third-order valence-corrected chi connectivity index (χ3v) is 5.68. The fourth-order valence-corrected chi connectivity index (χ4v) is 3.92. The second-order valence-corrected chi connectivity index (χ2v) is 7.55. The van der Waals surface area contributed by atoms with E-state index in [1.807, 2.05) is 0 Å². The summed E-state index contributed by atoms with van der Waals surface area (Å²) in [6.45, 7) is 5.99. The van der Waals surface area contributed by atoms with E-state index < -0.39 is 0 Å². The summed E-state index contributed by atoms with van der Waals surface area (Å²) < 4.78 is 7.63. The molecule has 25 heavy (non-hydrogen) atoms. The van der Waals surface area contributed by atoms with Gasteiger partial charge in [-0.1, -0.05) is 0 Å². The molecule has 0 aromatic carbocycles. The Morgan fingerprint density at radius 3 is 2.80 bits per heavy atom. The van der Waals surface area contributed by atoms with Crippen LogP contribution in [0.5, 0.6) is 0 Å². The summed E-state index contributed by atoms with van der Waals surface area (Å²) in [5, 5.41) is 16.7. The standard InChI is InChI=1S/C17H25N7O/c1-22-4-6-23(7-5-22)16-10-25-9-15(16)19-14-8-13(12-2-3-12)21-24-11-18-20-17(14)24/h8,11-12,15-16,19H,2-7,9-10H2,1H3/t15-,16-/m0/s1. The first-order valence-electron chi connectivity index (χ1n) is 9.26. The third-order valence-electron chi connectivity index (χ3n) is 5.68. The summed E-state index contributed by atoms with van der Waals surface area (Å²) in [6.07, 6.45) is 4.16. The highest BCUT2D eigenvalue weighted by atomic mass is 16.5. The Kier molecular flexibility index (Phi) is 3.83. The van der Waals surface area contributed by atoms with Gasteiger partial charge in [-0.2, -0.15) is 9.61 Å². The maximum atomic E-state index is 5.83. The van der Waals surface area contributed by atoms with Crippen molar-refractivity contribution in [2.75, 3.05) is 51.8 Å². The van der Waals surface area contributed by atoms with Crippen molar-refractivity contribution in [2.45, 2.75) is 30.8 Å². The molecule has 3 fully saturated rings. The highest BCUT2D eigenvalue weighted by Crippen LogP contribution is 2.40. The molecule has 2 aromatic heterocycles. The molecule has 0 amide bonds. The lowest BCUT2D eigenvalue weighted by Crippen LogP contribution is -2.54. The van der Waals surface area contributed by atoms with Crippen molar-refractivity contribution < 1.29 is 4.74 Å². The van der Waals surface area contributed by atoms with Crippen LogP contribution in [0.1, 0.15) is 24.5 Å². The SMILES string of the molecule is CN1CCN([C@H]2COC[C@@H]2Nc2cc(C3CC3)nn3cnnc23)CC1. The molecule has 1 saturated carbocycles. The van der Waals surface area contributed by atoms with Crippen molar-refractivity contribution in [3.05, 3.63) is 18.1 Å². The molecule has 2 aromatic rings.